The summed E-state index contributed by atoms with van der Waals surface area (Å²) in [5, 5.41) is 5.15. The van der Waals surface area contributed by atoms with Crippen LogP contribution in [0.2, 0.25) is 5.02 Å². The molecule has 3 amide bonds. The van der Waals surface area contributed by atoms with Gasteiger partial charge in [-0.25, -0.2) is 4.79 Å². The molecule has 1 atom stereocenters. The first-order valence-electron chi connectivity index (χ1n) is 6.87. The van der Waals surface area contributed by atoms with E-state index in [1.807, 2.05) is 13.8 Å². The molecule has 1 aromatic carbocycles. The van der Waals surface area contributed by atoms with Crippen molar-refractivity contribution >= 4 is 29.3 Å². The molecule has 1 rings (SSSR count). The average molecular weight is 327 g/mol. The van der Waals surface area contributed by atoms with Crippen molar-refractivity contribution in [3.63, 3.8) is 0 Å². The van der Waals surface area contributed by atoms with Crippen LogP contribution in [0.1, 0.15) is 37.6 Å². The third-order valence-electron chi connectivity index (χ3n) is 2.92. The largest absolute Gasteiger partial charge is 0.483 e. The molecule has 120 valence electrons. The minimum atomic E-state index is -0.606. The summed E-state index contributed by atoms with van der Waals surface area (Å²) in [5.41, 5.74) is 0.282. The number of imide groups is 1. The Kier molecular flexibility index (Phi) is 6.85. The summed E-state index contributed by atoms with van der Waals surface area (Å²) in [7, 11) is 0. The molecule has 0 spiro atoms. The number of hydrogen-bond donors (Lipinski definition) is 2. The zero-order valence-corrected chi connectivity index (χ0v) is 13.5. The van der Waals surface area contributed by atoms with Gasteiger partial charge in [-0.05, 0) is 38.5 Å². The number of amides is 3. The topological polar surface area (TPSA) is 84.5 Å². The van der Waals surface area contributed by atoms with E-state index in [1.165, 1.54) is 19.1 Å². The molecule has 7 heteroatoms. The maximum Gasteiger partial charge on any atom is 0.321 e. The molecule has 0 aliphatic carbocycles. The fourth-order valence-electron chi connectivity index (χ4n) is 1.57. The highest BCUT2D eigenvalue weighted by atomic mass is 35.5. The van der Waals surface area contributed by atoms with Crippen LogP contribution in [0.5, 0.6) is 5.75 Å². The van der Waals surface area contributed by atoms with Crippen molar-refractivity contribution in [3.8, 4) is 5.75 Å². The third kappa shape index (κ3) is 5.73. The lowest BCUT2D eigenvalue weighted by molar-refractivity contribution is -0.122. The highest BCUT2D eigenvalue weighted by Gasteiger charge is 2.13. The first-order valence-corrected chi connectivity index (χ1v) is 7.25. The van der Waals surface area contributed by atoms with Gasteiger partial charge in [0.1, 0.15) is 5.75 Å². The van der Waals surface area contributed by atoms with Gasteiger partial charge in [-0.3, -0.25) is 14.9 Å². The normalized spacial score (nSPS) is 11.5. The molecule has 0 heterocycles. The van der Waals surface area contributed by atoms with Gasteiger partial charge in [0.25, 0.3) is 5.91 Å². The summed E-state index contributed by atoms with van der Waals surface area (Å²) >= 11 is 5.81. The average Bonchev–Trinajstić information content (AvgIpc) is 2.45. The number of rotatable bonds is 6. The van der Waals surface area contributed by atoms with Crippen LogP contribution < -0.4 is 15.4 Å². The molecular formula is C15H19ClN2O4. The quantitative estimate of drug-likeness (QED) is 0.787. The second kappa shape index (κ2) is 8.38. The molecule has 0 saturated carbocycles. The Morgan fingerprint density at radius 1 is 1.32 bits per heavy atom. The van der Waals surface area contributed by atoms with Gasteiger partial charge in [-0.2, -0.15) is 0 Å². The molecule has 0 aromatic heterocycles. The van der Waals surface area contributed by atoms with Gasteiger partial charge >= 0.3 is 6.03 Å². The van der Waals surface area contributed by atoms with Crippen LogP contribution in [0.4, 0.5) is 4.79 Å². The number of halogens is 1. The van der Waals surface area contributed by atoms with E-state index in [1.54, 1.807) is 6.07 Å². The van der Waals surface area contributed by atoms with E-state index in [4.69, 9.17) is 16.3 Å². The summed E-state index contributed by atoms with van der Waals surface area (Å²) < 4.78 is 5.28. The Morgan fingerprint density at radius 3 is 2.59 bits per heavy atom. The van der Waals surface area contributed by atoms with Crippen LogP contribution in [0.15, 0.2) is 18.2 Å². The predicted octanol–water partition coefficient (Wildman–Crippen LogP) is 2.55. The number of hydrogen-bond acceptors (Lipinski definition) is 4. The van der Waals surface area contributed by atoms with Crippen molar-refractivity contribution in [3.05, 3.63) is 28.8 Å². The van der Waals surface area contributed by atoms with E-state index in [2.05, 4.69) is 10.6 Å². The minimum Gasteiger partial charge on any atom is -0.483 e. The van der Waals surface area contributed by atoms with Crippen molar-refractivity contribution < 1.29 is 19.1 Å². The molecule has 0 aliphatic heterocycles. The predicted molar refractivity (Wildman–Crippen MR) is 83.4 cm³/mol. The third-order valence-corrected chi connectivity index (χ3v) is 3.16. The van der Waals surface area contributed by atoms with E-state index in [-0.39, 0.29) is 29.7 Å². The van der Waals surface area contributed by atoms with Gasteiger partial charge in [0, 0.05) is 11.1 Å². The summed E-state index contributed by atoms with van der Waals surface area (Å²) in [5.74, 6) is -0.591. The summed E-state index contributed by atoms with van der Waals surface area (Å²) in [6.45, 7) is 4.74. The first-order chi connectivity index (χ1) is 10.3. The standard InChI is InChI=1S/C15H19ClN2O4/c1-4-9(2)17-15(21)18-14(20)8-22-13-6-5-11(16)7-12(13)10(3)19/h5-7,9H,4,8H2,1-3H3,(H2,17,18,20,21)/t9-/m1/s1. The van der Waals surface area contributed by atoms with Crippen LogP contribution in [0, 0.1) is 0 Å². The molecule has 22 heavy (non-hydrogen) atoms. The van der Waals surface area contributed by atoms with Crippen molar-refractivity contribution in [1.29, 1.82) is 0 Å². The Balaban J connectivity index is 2.58. The minimum absolute atomic E-state index is 0.0331. The number of Topliss-reactive ketones (excluding diaryl/α,β-unsaturated/α-hetero) is 1. The number of carbonyl (C=O) groups is 3. The zero-order valence-electron chi connectivity index (χ0n) is 12.7. The lowest BCUT2D eigenvalue weighted by atomic mass is 10.1. The molecule has 1 aromatic rings. The van der Waals surface area contributed by atoms with E-state index in [0.717, 1.165) is 6.42 Å². The zero-order chi connectivity index (χ0) is 16.7. The van der Waals surface area contributed by atoms with Crippen LogP contribution in [-0.4, -0.2) is 30.4 Å². The highest BCUT2D eigenvalue weighted by molar-refractivity contribution is 6.31. The Bertz CT molecular complexity index is 575. The van der Waals surface area contributed by atoms with E-state index < -0.39 is 11.9 Å². The Labute approximate surface area is 134 Å². The molecule has 0 unspecified atom stereocenters. The fraction of sp³-hybridized carbons (Fsp3) is 0.400. The number of ketones is 1. The highest BCUT2D eigenvalue weighted by Crippen LogP contribution is 2.23. The number of benzene rings is 1. The molecular weight excluding hydrogens is 308 g/mol. The van der Waals surface area contributed by atoms with Crippen molar-refractivity contribution in [2.45, 2.75) is 33.2 Å². The molecule has 2 N–H and O–H groups in total. The Morgan fingerprint density at radius 2 is 2.00 bits per heavy atom. The van der Waals surface area contributed by atoms with Gasteiger partial charge < -0.3 is 10.1 Å². The maximum absolute atomic E-state index is 11.6. The fourth-order valence-corrected chi connectivity index (χ4v) is 1.74. The maximum atomic E-state index is 11.6. The molecule has 0 aliphatic rings. The summed E-state index contributed by atoms with van der Waals surface area (Å²) in [4.78, 5) is 34.6. The van der Waals surface area contributed by atoms with Crippen LogP contribution in [0.3, 0.4) is 0 Å². The van der Waals surface area contributed by atoms with E-state index >= 15 is 0 Å². The molecule has 0 radical (unpaired) electrons. The second-order valence-electron chi connectivity index (χ2n) is 4.82. The number of nitrogens with one attached hydrogen (secondary N) is 2. The molecule has 0 fully saturated rings. The number of ether oxygens (including phenoxy) is 1. The second-order valence-corrected chi connectivity index (χ2v) is 5.25. The van der Waals surface area contributed by atoms with Crippen molar-refractivity contribution in [1.82, 2.24) is 10.6 Å². The van der Waals surface area contributed by atoms with Gasteiger partial charge in [-0.1, -0.05) is 18.5 Å². The van der Waals surface area contributed by atoms with Gasteiger partial charge in [0.15, 0.2) is 12.4 Å². The Hall–Kier alpha value is -2.08. The van der Waals surface area contributed by atoms with Crippen LogP contribution >= 0.6 is 11.6 Å². The summed E-state index contributed by atoms with van der Waals surface area (Å²) in [6, 6.07) is 3.91. The van der Waals surface area contributed by atoms with E-state index in [9.17, 15) is 14.4 Å². The van der Waals surface area contributed by atoms with Crippen molar-refractivity contribution in [2.75, 3.05) is 6.61 Å². The number of carbonyl (C=O) groups excluding carboxylic acids is 3. The monoisotopic (exact) mass is 326 g/mol. The molecule has 6 nitrogen and oxygen atoms in total. The van der Waals surface area contributed by atoms with E-state index in [0.29, 0.717) is 5.02 Å². The summed E-state index contributed by atoms with van der Waals surface area (Å²) in [6.07, 6.45) is 0.755. The molecule has 0 bridgehead atoms. The lowest BCUT2D eigenvalue weighted by Crippen LogP contribution is -2.44. The smallest absolute Gasteiger partial charge is 0.321 e. The van der Waals surface area contributed by atoms with Gasteiger partial charge in [-0.15, -0.1) is 0 Å². The van der Waals surface area contributed by atoms with Gasteiger partial charge in [0.05, 0.1) is 5.56 Å². The lowest BCUT2D eigenvalue weighted by Gasteiger charge is -2.13. The van der Waals surface area contributed by atoms with Crippen LogP contribution in [-0.2, 0) is 4.79 Å². The van der Waals surface area contributed by atoms with Crippen LogP contribution in [0.25, 0.3) is 0 Å². The first kappa shape index (κ1) is 18.0. The van der Waals surface area contributed by atoms with Gasteiger partial charge in [0.2, 0.25) is 0 Å². The van der Waals surface area contributed by atoms with Crippen molar-refractivity contribution in [2.24, 2.45) is 0 Å². The molecule has 0 saturated heterocycles. The SMILES string of the molecule is CC[C@@H](C)NC(=O)NC(=O)COc1ccc(Cl)cc1C(C)=O. The number of urea groups is 1.